The third-order valence-electron chi connectivity index (χ3n) is 3.18. The lowest BCUT2D eigenvalue weighted by molar-refractivity contribution is -0.386. The van der Waals surface area contributed by atoms with Gasteiger partial charge in [-0.05, 0) is 31.8 Å². The molecule has 0 saturated carbocycles. The van der Waals surface area contributed by atoms with Crippen LogP contribution in [0.3, 0.4) is 0 Å². The second-order valence-corrected chi connectivity index (χ2v) is 4.80. The Morgan fingerprint density at radius 3 is 2.53 bits per heavy atom. The molecule has 108 valence electrons. The van der Waals surface area contributed by atoms with Gasteiger partial charge in [-0.15, -0.1) is 0 Å². The summed E-state index contributed by atoms with van der Waals surface area (Å²) in [5, 5.41) is 18.9. The van der Waals surface area contributed by atoms with Crippen molar-refractivity contribution < 1.29 is 4.92 Å². The van der Waals surface area contributed by atoms with Crippen molar-refractivity contribution in [2.24, 2.45) is 5.92 Å². The smallest absolute Gasteiger partial charge is 0.313 e. The van der Waals surface area contributed by atoms with Crippen LogP contribution in [-0.4, -0.2) is 27.8 Å². The molecule has 1 aromatic rings. The largest absolute Gasteiger partial charge is 0.317 e. The SMILES string of the molecule is CCNCC(C)Cn1nc(CC)c([N+](=O)[O-])c1CC. The van der Waals surface area contributed by atoms with Gasteiger partial charge in [0.25, 0.3) is 0 Å². The molecule has 0 aliphatic carbocycles. The summed E-state index contributed by atoms with van der Waals surface area (Å²) in [6, 6.07) is 0. The minimum absolute atomic E-state index is 0.209. The van der Waals surface area contributed by atoms with Gasteiger partial charge < -0.3 is 5.32 Å². The second-order valence-electron chi connectivity index (χ2n) is 4.80. The molecular formula is C13H24N4O2. The van der Waals surface area contributed by atoms with Gasteiger partial charge >= 0.3 is 5.69 Å². The van der Waals surface area contributed by atoms with E-state index >= 15 is 0 Å². The van der Waals surface area contributed by atoms with E-state index in [9.17, 15) is 10.1 Å². The van der Waals surface area contributed by atoms with Crippen LogP contribution < -0.4 is 5.32 Å². The third kappa shape index (κ3) is 3.76. The topological polar surface area (TPSA) is 73.0 Å². The Morgan fingerprint density at radius 2 is 2.05 bits per heavy atom. The average Bonchev–Trinajstić information content (AvgIpc) is 2.73. The Balaban J connectivity index is 2.97. The van der Waals surface area contributed by atoms with Crippen LogP contribution in [-0.2, 0) is 19.4 Å². The minimum Gasteiger partial charge on any atom is -0.317 e. The molecule has 0 radical (unpaired) electrons. The number of hydrogen-bond acceptors (Lipinski definition) is 4. The number of hydrogen-bond donors (Lipinski definition) is 1. The van der Waals surface area contributed by atoms with Crippen molar-refractivity contribution >= 4 is 5.69 Å². The molecule has 0 saturated heterocycles. The summed E-state index contributed by atoms with van der Waals surface area (Å²) in [6.45, 7) is 10.6. The van der Waals surface area contributed by atoms with Crippen LogP contribution in [0.2, 0.25) is 0 Å². The molecule has 19 heavy (non-hydrogen) atoms. The van der Waals surface area contributed by atoms with Crippen molar-refractivity contribution in [1.29, 1.82) is 0 Å². The minimum atomic E-state index is -0.296. The number of rotatable bonds is 8. The predicted octanol–water partition coefficient (Wildman–Crippen LogP) is 2.16. The summed E-state index contributed by atoms with van der Waals surface area (Å²) in [5.74, 6) is 0.398. The molecule has 6 heteroatoms. The van der Waals surface area contributed by atoms with Gasteiger partial charge in [0.15, 0.2) is 0 Å². The summed E-state index contributed by atoms with van der Waals surface area (Å²) >= 11 is 0. The molecule has 1 unspecified atom stereocenters. The summed E-state index contributed by atoms with van der Waals surface area (Å²) in [4.78, 5) is 10.9. The summed E-state index contributed by atoms with van der Waals surface area (Å²) in [5.41, 5.74) is 1.54. The fourth-order valence-electron chi connectivity index (χ4n) is 2.24. The number of aromatic nitrogens is 2. The molecule has 0 aliphatic rings. The van der Waals surface area contributed by atoms with Crippen LogP contribution >= 0.6 is 0 Å². The lowest BCUT2D eigenvalue weighted by Crippen LogP contribution is -2.24. The van der Waals surface area contributed by atoms with E-state index in [4.69, 9.17) is 0 Å². The summed E-state index contributed by atoms with van der Waals surface area (Å²) < 4.78 is 1.82. The van der Waals surface area contributed by atoms with E-state index in [1.54, 1.807) is 0 Å². The monoisotopic (exact) mass is 268 g/mol. The number of nitrogens with zero attached hydrogens (tertiary/aromatic N) is 3. The van der Waals surface area contributed by atoms with Crippen molar-refractivity contribution in [3.8, 4) is 0 Å². The summed E-state index contributed by atoms with van der Waals surface area (Å²) in [6.07, 6.45) is 1.23. The Kier molecular flexibility index (Phi) is 5.95. The maximum atomic E-state index is 11.2. The first-order chi connectivity index (χ1) is 9.04. The molecule has 1 N–H and O–H groups in total. The Bertz CT molecular complexity index is 429. The Morgan fingerprint density at radius 1 is 1.37 bits per heavy atom. The fraction of sp³-hybridized carbons (Fsp3) is 0.769. The van der Waals surface area contributed by atoms with Gasteiger partial charge in [-0.1, -0.05) is 27.7 Å². The van der Waals surface area contributed by atoms with Crippen LogP contribution in [0.5, 0.6) is 0 Å². The highest BCUT2D eigenvalue weighted by molar-refractivity contribution is 5.41. The van der Waals surface area contributed by atoms with Crippen molar-refractivity contribution in [2.75, 3.05) is 13.1 Å². The van der Waals surface area contributed by atoms with Crippen LogP contribution in [0.15, 0.2) is 0 Å². The quantitative estimate of drug-likeness (QED) is 0.579. The van der Waals surface area contributed by atoms with Gasteiger partial charge in [0.1, 0.15) is 11.4 Å². The molecule has 1 heterocycles. The van der Waals surface area contributed by atoms with Gasteiger partial charge in [-0.25, -0.2) is 0 Å². The normalized spacial score (nSPS) is 12.6. The van der Waals surface area contributed by atoms with E-state index in [1.807, 2.05) is 18.5 Å². The molecular weight excluding hydrogens is 244 g/mol. The van der Waals surface area contributed by atoms with Gasteiger partial charge in [0.2, 0.25) is 0 Å². The van der Waals surface area contributed by atoms with Crippen LogP contribution in [0.25, 0.3) is 0 Å². The van der Waals surface area contributed by atoms with Crippen molar-refractivity contribution in [1.82, 2.24) is 15.1 Å². The van der Waals surface area contributed by atoms with Gasteiger partial charge in [-0.3, -0.25) is 14.8 Å². The van der Waals surface area contributed by atoms with E-state index in [2.05, 4.69) is 24.3 Å². The zero-order chi connectivity index (χ0) is 14.4. The highest BCUT2D eigenvalue weighted by Gasteiger charge is 2.25. The number of nitro groups is 1. The summed E-state index contributed by atoms with van der Waals surface area (Å²) in [7, 11) is 0. The molecule has 0 spiro atoms. The molecule has 1 rings (SSSR count). The number of nitrogens with one attached hydrogen (secondary N) is 1. The van der Waals surface area contributed by atoms with Crippen LogP contribution in [0.1, 0.15) is 39.1 Å². The van der Waals surface area contributed by atoms with Gasteiger partial charge in [0.05, 0.1) is 4.92 Å². The average molecular weight is 268 g/mol. The highest BCUT2D eigenvalue weighted by atomic mass is 16.6. The van der Waals surface area contributed by atoms with Gasteiger partial charge in [0, 0.05) is 6.54 Å². The van der Waals surface area contributed by atoms with Crippen LogP contribution in [0.4, 0.5) is 5.69 Å². The lowest BCUT2D eigenvalue weighted by Gasteiger charge is -2.13. The standard InChI is InChI=1S/C13H24N4O2/c1-5-11-13(17(18)19)12(6-2)16(15-11)9-10(4)8-14-7-3/h10,14H,5-9H2,1-4H3. The first kappa shape index (κ1) is 15.6. The molecule has 6 nitrogen and oxygen atoms in total. The predicted molar refractivity (Wildman–Crippen MR) is 75.3 cm³/mol. The molecule has 0 amide bonds. The van der Waals surface area contributed by atoms with Crippen molar-refractivity contribution in [3.05, 3.63) is 21.5 Å². The Labute approximate surface area is 114 Å². The maximum Gasteiger partial charge on any atom is 0.313 e. The zero-order valence-electron chi connectivity index (χ0n) is 12.3. The maximum absolute atomic E-state index is 11.2. The van der Waals surface area contributed by atoms with E-state index in [0.29, 0.717) is 24.5 Å². The first-order valence-corrected chi connectivity index (χ1v) is 6.98. The second kappa shape index (κ2) is 7.23. The molecule has 0 aromatic carbocycles. The molecule has 1 aromatic heterocycles. The molecule has 0 aliphatic heterocycles. The lowest BCUT2D eigenvalue weighted by atomic mass is 10.1. The first-order valence-electron chi connectivity index (χ1n) is 6.98. The van der Waals surface area contributed by atoms with E-state index in [0.717, 1.165) is 25.3 Å². The highest BCUT2D eigenvalue weighted by Crippen LogP contribution is 2.25. The van der Waals surface area contributed by atoms with Crippen molar-refractivity contribution in [2.45, 2.75) is 47.1 Å². The fourth-order valence-corrected chi connectivity index (χ4v) is 2.24. The van der Waals surface area contributed by atoms with E-state index < -0.39 is 0 Å². The third-order valence-corrected chi connectivity index (χ3v) is 3.18. The molecule has 0 bridgehead atoms. The molecule has 1 atom stereocenters. The van der Waals surface area contributed by atoms with E-state index in [1.165, 1.54) is 0 Å². The van der Waals surface area contributed by atoms with Gasteiger partial charge in [-0.2, -0.15) is 5.10 Å². The number of aryl methyl sites for hydroxylation is 1. The van der Waals surface area contributed by atoms with Crippen LogP contribution in [0, 0.1) is 16.0 Å². The van der Waals surface area contributed by atoms with Crippen molar-refractivity contribution in [3.63, 3.8) is 0 Å². The zero-order valence-corrected chi connectivity index (χ0v) is 12.3. The van der Waals surface area contributed by atoms with E-state index in [-0.39, 0.29) is 10.6 Å². The Hall–Kier alpha value is -1.43. The molecule has 0 fully saturated rings.